The molecule has 122 valence electrons. The number of thiazole rings is 1. The van der Waals surface area contributed by atoms with Crippen LogP contribution in [-0.4, -0.2) is 30.5 Å². The van der Waals surface area contributed by atoms with E-state index in [1.807, 2.05) is 24.4 Å². The van der Waals surface area contributed by atoms with Crippen molar-refractivity contribution < 1.29 is 5.11 Å². The molecule has 2 heterocycles. The van der Waals surface area contributed by atoms with Crippen molar-refractivity contribution in [3.63, 3.8) is 0 Å². The minimum atomic E-state index is -0.993. The summed E-state index contributed by atoms with van der Waals surface area (Å²) in [5.41, 5.74) is 1.44. The normalized spacial score (nSPS) is 14.8. The second kappa shape index (κ2) is 6.51. The van der Waals surface area contributed by atoms with Gasteiger partial charge in [0.1, 0.15) is 12.7 Å². The molecule has 0 saturated heterocycles. The van der Waals surface area contributed by atoms with Gasteiger partial charge in [-0.15, -0.1) is 11.3 Å². The largest absolute Gasteiger partial charge is 0.388 e. The quantitative estimate of drug-likeness (QED) is 0.772. The molecule has 1 N–H and O–H groups in total. The minimum absolute atomic E-state index is 0.154. The summed E-state index contributed by atoms with van der Waals surface area (Å²) in [4.78, 5) is 8.56. The standard InChI is InChI=1S/C17H17N5OS/c1-12(17(2,23)9-22-11-19-10-20-22)16-21-15(8-24-16)14-5-3-13(7-18)4-6-14/h3-6,8,10-12,23H,9H2,1-2H3. The molecule has 0 aliphatic rings. The number of aromatic nitrogens is 4. The van der Waals surface area contributed by atoms with Gasteiger partial charge < -0.3 is 5.11 Å². The van der Waals surface area contributed by atoms with Gasteiger partial charge in [0.2, 0.25) is 0 Å². The first kappa shape index (κ1) is 16.3. The molecule has 0 amide bonds. The molecule has 2 unspecified atom stereocenters. The van der Waals surface area contributed by atoms with Crippen molar-refractivity contribution in [2.75, 3.05) is 0 Å². The van der Waals surface area contributed by atoms with E-state index in [-0.39, 0.29) is 5.92 Å². The SMILES string of the molecule is CC(c1nc(-c2ccc(C#N)cc2)cs1)C(C)(O)Cn1cncn1. The van der Waals surface area contributed by atoms with E-state index in [1.54, 1.807) is 30.1 Å². The van der Waals surface area contributed by atoms with Crippen molar-refractivity contribution in [2.24, 2.45) is 0 Å². The molecule has 3 aromatic rings. The Morgan fingerprint density at radius 1 is 1.38 bits per heavy atom. The van der Waals surface area contributed by atoms with Crippen molar-refractivity contribution in [2.45, 2.75) is 31.9 Å². The lowest BCUT2D eigenvalue weighted by molar-refractivity contribution is 0.0155. The van der Waals surface area contributed by atoms with Gasteiger partial charge in [-0.2, -0.15) is 10.4 Å². The first-order chi connectivity index (χ1) is 11.5. The summed E-state index contributed by atoms with van der Waals surface area (Å²) in [6.07, 6.45) is 3.04. The fourth-order valence-electron chi connectivity index (χ4n) is 2.38. The smallest absolute Gasteiger partial charge is 0.137 e. The summed E-state index contributed by atoms with van der Waals surface area (Å²) in [6.45, 7) is 4.08. The Morgan fingerprint density at radius 3 is 2.75 bits per heavy atom. The highest BCUT2D eigenvalue weighted by Gasteiger charge is 2.32. The molecule has 7 heteroatoms. The molecule has 0 spiro atoms. The van der Waals surface area contributed by atoms with Crippen LogP contribution < -0.4 is 0 Å². The van der Waals surface area contributed by atoms with Crippen molar-refractivity contribution in [3.05, 3.63) is 52.9 Å². The van der Waals surface area contributed by atoms with E-state index in [0.29, 0.717) is 12.1 Å². The third-order valence-corrected chi connectivity index (χ3v) is 5.11. The van der Waals surface area contributed by atoms with Gasteiger partial charge in [0.05, 0.1) is 34.5 Å². The summed E-state index contributed by atoms with van der Waals surface area (Å²) in [5, 5.41) is 26.5. The van der Waals surface area contributed by atoms with E-state index in [2.05, 4.69) is 21.1 Å². The highest BCUT2D eigenvalue weighted by Crippen LogP contribution is 2.33. The second-order valence-electron chi connectivity index (χ2n) is 5.93. The molecule has 24 heavy (non-hydrogen) atoms. The minimum Gasteiger partial charge on any atom is -0.388 e. The third kappa shape index (κ3) is 3.35. The summed E-state index contributed by atoms with van der Waals surface area (Å²) in [5.74, 6) is -0.154. The van der Waals surface area contributed by atoms with Gasteiger partial charge in [-0.05, 0) is 19.1 Å². The van der Waals surface area contributed by atoms with Crippen LogP contribution in [0.4, 0.5) is 0 Å². The van der Waals surface area contributed by atoms with E-state index in [9.17, 15) is 5.11 Å². The lowest BCUT2D eigenvalue weighted by atomic mass is 9.91. The van der Waals surface area contributed by atoms with Crippen LogP contribution in [0.1, 0.15) is 30.3 Å². The molecule has 0 aliphatic carbocycles. The highest BCUT2D eigenvalue weighted by atomic mass is 32.1. The molecule has 0 radical (unpaired) electrons. The second-order valence-corrected chi connectivity index (χ2v) is 6.82. The van der Waals surface area contributed by atoms with E-state index in [0.717, 1.165) is 16.3 Å². The zero-order chi connectivity index (χ0) is 17.2. The zero-order valence-electron chi connectivity index (χ0n) is 13.4. The number of benzene rings is 1. The molecule has 2 atom stereocenters. The first-order valence-corrected chi connectivity index (χ1v) is 8.38. The monoisotopic (exact) mass is 339 g/mol. The first-order valence-electron chi connectivity index (χ1n) is 7.50. The van der Waals surface area contributed by atoms with Crippen molar-refractivity contribution >= 4 is 11.3 Å². The predicted octanol–water partition coefficient (Wildman–Crippen LogP) is 2.83. The number of hydrogen-bond acceptors (Lipinski definition) is 6. The van der Waals surface area contributed by atoms with Gasteiger partial charge in [0, 0.05) is 16.9 Å². The maximum atomic E-state index is 10.8. The predicted molar refractivity (Wildman–Crippen MR) is 91.3 cm³/mol. The van der Waals surface area contributed by atoms with Crippen LogP contribution in [0.2, 0.25) is 0 Å². The van der Waals surface area contributed by atoms with Crippen LogP contribution in [-0.2, 0) is 6.54 Å². The maximum absolute atomic E-state index is 10.8. The van der Waals surface area contributed by atoms with Gasteiger partial charge >= 0.3 is 0 Å². The highest BCUT2D eigenvalue weighted by molar-refractivity contribution is 7.10. The Hall–Kier alpha value is -2.56. The Morgan fingerprint density at radius 2 is 2.12 bits per heavy atom. The number of nitrogens with zero attached hydrogens (tertiary/aromatic N) is 5. The lowest BCUT2D eigenvalue weighted by Crippen LogP contribution is -2.36. The molecule has 0 saturated carbocycles. The summed E-state index contributed by atoms with van der Waals surface area (Å²) >= 11 is 1.52. The number of nitriles is 1. The van der Waals surface area contributed by atoms with Crippen LogP contribution >= 0.6 is 11.3 Å². The summed E-state index contributed by atoms with van der Waals surface area (Å²) < 4.78 is 1.62. The molecule has 1 aromatic carbocycles. The van der Waals surface area contributed by atoms with Crippen molar-refractivity contribution in [1.29, 1.82) is 5.26 Å². The van der Waals surface area contributed by atoms with Crippen LogP contribution in [0.25, 0.3) is 11.3 Å². The molecule has 0 bridgehead atoms. The molecule has 0 fully saturated rings. The van der Waals surface area contributed by atoms with Gasteiger partial charge in [-0.1, -0.05) is 19.1 Å². The topological polar surface area (TPSA) is 87.6 Å². The van der Waals surface area contributed by atoms with Crippen molar-refractivity contribution in [1.82, 2.24) is 19.7 Å². The summed E-state index contributed by atoms with van der Waals surface area (Å²) in [7, 11) is 0. The Kier molecular flexibility index (Phi) is 4.42. The van der Waals surface area contributed by atoms with Crippen LogP contribution in [0, 0.1) is 11.3 Å². The molecule has 3 rings (SSSR count). The Balaban J connectivity index is 1.79. The number of rotatable bonds is 5. The number of aliphatic hydroxyl groups is 1. The van der Waals surface area contributed by atoms with Gasteiger partial charge in [-0.25, -0.2) is 9.97 Å². The average Bonchev–Trinajstić information content (AvgIpc) is 3.25. The van der Waals surface area contributed by atoms with Gasteiger partial charge in [0.25, 0.3) is 0 Å². The Labute approximate surface area is 144 Å². The van der Waals surface area contributed by atoms with Crippen molar-refractivity contribution in [3.8, 4) is 17.3 Å². The Bertz CT molecular complexity index is 846. The number of hydrogen-bond donors (Lipinski definition) is 1. The molecular weight excluding hydrogens is 322 g/mol. The van der Waals surface area contributed by atoms with Gasteiger partial charge in [0.15, 0.2) is 0 Å². The van der Waals surface area contributed by atoms with E-state index >= 15 is 0 Å². The average molecular weight is 339 g/mol. The van der Waals surface area contributed by atoms with E-state index in [1.165, 1.54) is 17.7 Å². The van der Waals surface area contributed by atoms with Crippen LogP contribution in [0.15, 0.2) is 42.3 Å². The fourth-order valence-corrected chi connectivity index (χ4v) is 3.41. The van der Waals surface area contributed by atoms with E-state index < -0.39 is 5.60 Å². The fraction of sp³-hybridized carbons (Fsp3) is 0.294. The molecule has 6 nitrogen and oxygen atoms in total. The maximum Gasteiger partial charge on any atom is 0.137 e. The third-order valence-electron chi connectivity index (χ3n) is 4.08. The lowest BCUT2D eigenvalue weighted by Gasteiger charge is -2.28. The van der Waals surface area contributed by atoms with Gasteiger partial charge in [-0.3, -0.25) is 4.68 Å². The molecule has 2 aromatic heterocycles. The van der Waals surface area contributed by atoms with E-state index in [4.69, 9.17) is 5.26 Å². The molecular formula is C17H17N5OS. The van der Waals surface area contributed by atoms with Crippen LogP contribution in [0.5, 0.6) is 0 Å². The van der Waals surface area contributed by atoms with Crippen LogP contribution in [0.3, 0.4) is 0 Å². The molecule has 0 aliphatic heterocycles. The summed E-state index contributed by atoms with van der Waals surface area (Å²) in [6, 6.07) is 9.43. The zero-order valence-corrected chi connectivity index (χ0v) is 14.2.